The molecule has 0 aliphatic carbocycles. The summed E-state index contributed by atoms with van der Waals surface area (Å²) >= 11 is 0. The highest BCUT2D eigenvalue weighted by Gasteiger charge is 2.39. The molecule has 1 aromatic heterocycles. The van der Waals surface area contributed by atoms with Gasteiger partial charge in [0.2, 0.25) is 0 Å². The van der Waals surface area contributed by atoms with Gasteiger partial charge in [0.05, 0.1) is 18.3 Å². The molecule has 0 bridgehead atoms. The highest BCUT2D eigenvalue weighted by atomic mass is 16.5. The number of carbonyl (C=O) groups is 1. The van der Waals surface area contributed by atoms with Crippen LogP contribution in [0.2, 0.25) is 0 Å². The Morgan fingerprint density at radius 1 is 1.35 bits per heavy atom. The number of aliphatic hydroxyl groups is 1. The molecule has 6 nitrogen and oxygen atoms in total. The second kappa shape index (κ2) is 5.91. The second-order valence-corrected chi connectivity index (χ2v) is 5.51. The van der Waals surface area contributed by atoms with E-state index in [0.29, 0.717) is 11.7 Å². The van der Waals surface area contributed by atoms with Crippen molar-refractivity contribution in [2.75, 3.05) is 7.11 Å². The minimum absolute atomic E-state index is 0.144. The van der Waals surface area contributed by atoms with E-state index in [9.17, 15) is 14.9 Å². The van der Waals surface area contributed by atoms with E-state index in [2.05, 4.69) is 4.98 Å². The fourth-order valence-corrected chi connectivity index (χ4v) is 1.35. The van der Waals surface area contributed by atoms with Crippen LogP contribution in [0.4, 0.5) is 0 Å². The Morgan fingerprint density at radius 2 is 1.95 bits per heavy atom. The second-order valence-electron chi connectivity index (χ2n) is 5.51. The van der Waals surface area contributed by atoms with Crippen molar-refractivity contribution in [2.24, 2.45) is 0 Å². The van der Waals surface area contributed by atoms with E-state index in [0.717, 1.165) is 0 Å². The minimum atomic E-state index is -1.29. The summed E-state index contributed by atoms with van der Waals surface area (Å²) in [6, 6.07) is 1.47. The Labute approximate surface area is 118 Å². The lowest BCUT2D eigenvalue weighted by atomic mass is 9.77. The molecule has 110 valence electrons. The molecule has 0 radical (unpaired) electrons. The largest absolute Gasteiger partial charge is 0.494 e. The van der Waals surface area contributed by atoms with Crippen LogP contribution in [0.15, 0.2) is 12.3 Å². The molecule has 0 atom stereocenters. The number of aromatic nitrogens is 1. The van der Waals surface area contributed by atoms with Crippen molar-refractivity contribution in [3.8, 4) is 5.75 Å². The standard InChI is InChI=1S/C13H20BNO5/c1-12(2,17)13(3,4)20-14(18)9-6-11(19-5)10(8-16)15-7-9/h6-8,17-18H,1-5H3. The molecular weight excluding hydrogens is 261 g/mol. The van der Waals surface area contributed by atoms with Crippen LogP contribution in [0.3, 0.4) is 0 Å². The van der Waals surface area contributed by atoms with Gasteiger partial charge in [-0.25, -0.2) is 4.98 Å². The molecule has 0 saturated heterocycles. The third-order valence-electron chi connectivity index (χ3n) is 3.40. The SMILES string of the molecule is COc1cc(B(O)OC(C)(C)C(C)(C)O)cnc1C=O. The predicted octanol–water partition coefficient (Wildman–Crippen LogP) is 0.156. The predicted molar refractivity (Wildman–Crippen MR) is 75.2 cm³/mol. The molecule has 20 heavy (non-hydrogen) atoms. The molecule has 7 heteroatoms. The first kappa shape index (κ1) is 16.6. The molecule has 1 rings (SSSR count). The Hall–Kier alpha value is -1.44. The lowest BCUT2D eigenvalue weighted by molar-refractivity contribution is -0.0982. The summed E-state index contributed by atoms with van der Waals surface area (Å²) in [5, 5.41) is 20.1. The maximum absolute atomic E-state index is 10.8. The van der Waals surface area contributed by atoms with E-state index in [1.54, 1.807) is 27.7 Å². The number of carbonyl (C=O) groups excluding carboxylic acids is 1. The van der Waals surface area contributed by atoms with E-state index >= 15 is 0 Å². The van der Waals surface area contributed by atoms with Gasteiger partial charge in [0, 0.05) is 11.7 Å². The first-order valence-electron chi connectivity index (χ1n) is 6.19. The highest BCUT2D eigenvalue weighted by Crippen LogP contribution is 2.25. The fourth-order valence-electron chi connectivity index (χ4n) is 1.35. The van der Waals surface area contributed by atoms with Crippen molar-refractivity contribution in [1.29, 1.82) is 0 Å². The molecule has 0 amide bonds. The maximum atomic E-state index is 10.8. The van der Waals surface area contributed by atoms with Gasteiger partial charge >= 0.3 is 7.12 Å². The molecule has 0 fully saturated rings. The summed E-state index contributed by atoms with van der Waals surface area (Å²) in [7, 11) is 0.112. The molecule has 1 aromatic rings. The van der Waals surface area contributed by atoms with Gasteiger partial charge < -0.3 is 19.5 Å². The number of nitrogens with zero attached hydrogens (tertiary/aromatic N) is 1. The molecule has 0 aromatic carbocycles. The average molecular weight is 281 g/mol. The van der Waals surface area contributed by atoms with Gasteiger partial charge in [-0.1, -0.05) is 0 Å². The van der Waals surface area contributed by atoms with Crippen molar-refractivity contribution < 1.29 is 24.3 Å². The van der Waals surface area contributed by atoms with Crippen LogP contribution >= 0.6 is 0 Å². The normalized spacial score (nSPS) is 12.2. The Morgan fingerprint density at radius 3 is 2.40 bits per heavy atom. The van der Waals surface area contributed by atoms with E-state index in [-0.39, 0.29) is 11.4 Å². The third-order valence-corrected chi connectivity index (χ3v) is 3.40. The van der Waals surface area contributed by atoms with Crippen LogP contribution in [0.25, 0.3) is 0 Å². The fraction of sp³-hybridized carbons (Fsp3) is 0.538. The Balaban J connectivity index is 2.99. The molecule has 0 aliphatic rings. The summed E-state index contributed by atoms with van der Waals surface area (Å²) in [5.74, 6) is 0.251. The van der Waals surface area contributed by atoms with Crippen LogP contribution in [0, 0.1) is 0 Å². The van der Waals surface area contributed by atoms with Gasteiger partial charge in [-0.15, -0.1) is 0 Å². The third kappa shape index (κ3) is 3.56. The van der Waals surface area contributed by atoms with Crippen molar-refractivity contribution in [2.45, 2.75) is 38.9 Å². The molecule has 0 saturated carbocycles. The van der Waals surface area contributed by atoms with E-state index in [1.165, 1.54) is 19.4 Å². The molecule has 2 N–H and O–H groups in total. The van der Waals surface area contributed by atoms with Crippen LogP contribution in [0.5, 0.6) is 5.75 Å². The van der Waals surface area contributed by atoms with Crippen molar-refractivity contribution in [1.82, 2.24) is 4.98 Å². The van der Waals surface area contributed by atoms with Crippen molar-refractivity contribution >= 4 is 18.9 Å². The monoisotopic (exact) mass is 281 g/mol. The maximum Gasteiger partial charge on any atom is 0.493 e. The molecule has 1 heterocycles. The van der Waals surface area contributed by atoms with Crippen LogP contribution in [-0.4, -0.2) is 46.8 Å². The first-order chi connectivity index (χ1) is 9.12. The van der Waals surface area contributed by atoms with E-state index in [1.807, 2.05) is 0 Å². The van der Waals surface area contributed by atoms with Gasteiger partial charge in [-0.05, 0) is 33.8 Å². The quantitative estimate of drug-likeness (QED) is 0.570. The van der Waals surface area contributed by atoms with E-state index < -0.39 is 18.3 Å². The number of hydrogen-bond donors (Lipinski definition) is 2. The lowest BCUT2D eigenvalue weighted by Crippen LogP contribution is -2.53. The van der Waals surface area contributed by atoms with Gasteiger partial charge in [0.15, 0.2) is 6.29 Å². The summed E-state index contributed by atoms with van der Waals surface area (Å²) < 4.78 is 10.5. The van der Waals surface area contributed by atoms with Gasteiger partial charge in [-0.3, -0.25) is 4.79 Å². The van der Waals surface area contributed by atoms with Crippen molar-refractivity contribution in [3.05, 3.63) is 18.0 Å². The Kier molecular flexibility index (Phi) is 4.91. The van der Waals surface area contributed by atoms with Gasteiger partial charge in [0.1, 0.15) is 11.4 Å². The van der Waals surface area contributed by atoms with Gasteiger partial charge in [0.25, 0.3) is 0 Å². The number of rotatable bonds is 6. The zero-order valence-corrected chi connectivity index (χ0v) is 12.4. The summed E-state index contributed by atoms with van der Waals surface area (Å²) in [5.41, 5.74) is -1.65. The topological polar surface area (TPSA) is 88.9 Å². The summed E-state index contributed by atoms with van der Waals surface area (Å²) in [6.07, 6.45) is 1.90. The summed E-state index contributed by atoms with van der Waals surface area (Å²) in [4.78, 5) is 14.6. The number of ether oxygens (including phenoxy) is 1. The minimum Gasteiger partial charge on any atom is -0.494 e. The van der Waals surface area contributed by atoms with Crippen molar-refractivity contribution in [3.63, 3.8) is 0 Å². The number of aldehydes is 1. The van der Waals surface area contributed by atoms with Crippen LogP contribution in [-0.2, 0) is 4.65 Å². The summed E-state index contributed by atoms with van der Waals surface area (Å²) in [6.45, 7) is 6.52. The lowest BCUT2D eigenvalue weighted by Gasteiger charge is -2.38. The molecule has 0 spiro atoms. The zero-order chi connectivity index (χ0) is 15.6. The number of hydrogen-bond acceptors (Lipinski definition) is 6. The van der Waals surface area contributed by atoms with Crippen LogP contribution < -0.4 is 10.2 Å². The first-order valence-corrected chi connectivity index (χ1v) is 6.19. The average Bonchev–Trinajstić information content (AvgIpc) is 2.35. The van der Waals surface area contributed by atoms with E-state index in [4.69, 9.17) is 9.39 Å². The highest BCUT2D eigenvalue weighted by molar-refractivity contribution is 6.60. The molecule has 0 unspecified atom stereocenters. The molecule has 0 aliphatic heterocycles. The van der Waals surface area contributed by atoms with Gasteiger partial charge in [-0.2, -0.15) is 0 Å². The van der Waals surface area contributed by atoms with Crippen LogP contribution in [0.1, 0.15) is 38.2 Å². The Bertz CT molecular complexity index is 484. The molecular formula is C13H20BNO5. The smallest absolute Gasteiger partial charge is 0.493 e. The number of pyridine rings is 1. The number of methoxy groups -OCH3 is 1. The zero-order valence-electron chi connectivity index (χ0n) is 12.4.